The van der Waals surface area contributed by atoms with Crippen LogP contribution in [0.15, 0.2) is 59.1 Å². The summed E-state index contributed by atoms with van der Waals surface area (Å²) < 4.78 is 5.13. The highest BCUT2D eigenvalue weighted by atomic mass is 35.5. The van der Waals surface area contributed by atoms with E-state index in [-0.39, 0.29) is 11.9 Å². The molecule has 1 amide bonds. The molecule has 0 aliphatic heterocycles. The normalized spacial score (nSPS) is 11.8. The molecule has 2 aromatic carbocycles. The van der Waals surface area contributed by atoms with E-state index in [1.807, 2.05) is 36.4 Å². The number of hydrogen-bond donors (Lipinski definition) is 2. The Balaban J connectivity index is 1.65. The molecule has 1 heterocycles. The first kappa shape index (κ1) is 16.0. The molecule has 24 heavy (non-hydrogen) atoms. The van der Waals surface area contributed by atoms with Gasteiger partial charge in [0.05, 0.1) is 0 Å². The Bertz CT molecular complexity index is 835. The van der Waals surface area contributed by atoms with Gasteiger partial charge in [0.25, 0.3) is 0 Å². The zero-order chi connectivity index (χ0) is 16.9. The maximum atomic E-state index is 12.2. The van der Waals surface area contributed by atoms with Crippen molar-refractivity contribution < 1.29 is 9.32 Å². The predicted octanol–water partition coefficient (Wildman–Crippen LogP) is 3.83. The fourth-order valence-corrected chi connectivity index (χ4v) is 2.24. The molecule has 0 aliphatic rings. The average Bonchev–Trinajstić information content (AvgIpc) is 3.04. The van der Waals surface area contributed by atoms with Crippen LogP contribution < -0.4 is 10.6 Å². The summed E-state index contributed by atoms with van der Waals surface area (Å²) in [5.74, 6) is 0.194. The number of halogens is 1. The summed E-state index contributed by atoms with van der Waals surface area (Å²) in [6.07, 6.45) is 0. The van der Waals surface area contributed by atoms with Gasteiger partial charge in [0.1, 0.15) is 6.04 Å². The van der Waals surface area contributed by atoms with Crippen LogP contribution in [-0.4, -0.2) is 22.1 Å². The summed E-state index contributed by atoms with van der Waals surface area (Å²) >= 11 is 5.95. The maximum absolute atomic E-state index is 12.2. The molecule has 3 rings (SSSR count). The van der Waals surface area contributed by atoms with E-state index in [1.165, 1.54) is 0 Å². The van der Waals surface area contributed by atoms with Crippen LogP contribution in [0.2, 0.25) is 5.02 Å². The highest BCUT2D eigenvalue weighted by molar-refractivity contribution is 6.30. The van der Waals surface area contributed by atoms with E-state index in [2.05, 4.69) is 20.8 Å². The fourth-order valence-electron chi connectivity index (χ4n) is 2.05. The predicted molar refractivity (Wildman–Crippen MR) is 92.9 cm³/mol. The molecule has 0 radical (unpaired) electrons. The molecule has 0 bridgehead atoms. The van der Waals surface area contributed by atoms with Gasteiger partial charge in [-0.1, -0.05) is 47.1 Å². The van der Waals surface area contributed by atoms with Gasteiger partial charge in [-0.15, -0.1) is 0 Å². The SMILES string of the molecule is CC(Nc1nc(-c2cccc(Cl)c2)no1)C(=O)Nc1ccccc1. The molecule has 7 heteroatoms. The molecule has 0 saturated carbocycles. The second kappa shape index (κ2) is 7.14. The van der Waals surface area contributed by atoms with E-state index in [0.29, 0.717) is 10.8 Å². The van der Waals surface area contributed by atoms with Crippen LogP contribution in [0, 0.1) is 0 Å². The molecule has 6 nitrogen and oxygen atoms in total. The Morgan fingerprint density at radius 1 is 1.17 bits per heavy atom. The van der Waals surface area contributed by atoms with Crippen molar-refractivity contribution in [1.82, 2.24) is 10.1 Å². The largest absolute Gasteiger partial charge is 0.326 e. The quantitative estimate of drug-likeness (QED) is 0.736. The minimum atomic E-state index is -0.544. The van der Waals surface area contributed by atoms with E-state index in [9.17, 15) is 4.79 Å². The van der Waals surface area contributed by atoms with E-state index in [4.69, 9.17) is 16.1 Å². The fraction of sp³-hybridized carbons (Fsp3) is 0.118. The molecule has 2 N–H and O–H groups in total. The second-order valence-corrected chi connectivity index (χ2v) is 5.59. The minimum absolute atomic E-state index is 0.167. The number of nitrogens with one attached hydrogen (secondary N) is 2. The van der Waals surface area contributed by atoms with Crippen LogP contribution >= 0.6 is 11.6 Å². The number of rotatable bonds is 5. The number of hydrogen-bond acceptors (Lipinski definition) is 5. The van der Waals surface area contributed by atoms with Crippen molar-refractivity contribution in [3.05, 3.63) is 59.6 Å². The molecule has 3 aromatic rings. The van der Waals surface area contributed by atoms with Crippen LogP contribution in [0.4, 0.5) is 11.7 Å². The number of aromatic nitrogens is 2. The van der Waals surface area contributed by atoms with Gasteiger partial charge in [-0.05, 0) is 31.2 Å². The number of anilines is 2. The summed E-state index contributed by atoms with van der Waals surface area (Å²) in [7, 11) is 0. The first-order valence-electron chi connectivity index (χ1n) is 7.34. The van der Waals surface area contributed by atoms with Crippen LogP contribution in [0.3, 0.4) is 0 Å². The molecule has 1 unspecified atom stereocenters. The molecule has 1 atom stereocenters. The Labute approximate surface area is 143 Å². The number of benzene rings is 2. The molecular weight excluding hydrogens is 328 g/mol. The lowest BCUT2D eigenvalue weighted by molar-refractivity contribution is -0.116. The molecule has 122 valence electrons. The van der Waals surface area contributed by atoms with Gasteiger partial charge in [0, 0.05) is 16.3 Å². The van der Waals surface area contributed by atoms with E-state index in [1.54, 1.807) is 25.1 Å². The van der Waals surface area contributed by atoms with E-state index < -0.39 is 6.04 Å². The van der Waals surface area contributed by atoms with Crippen LogP contribution in [0.25, 0.3) is 11.4 Å². The zero-order valence-electron chi connectivity index (χ0n) is 12.9. The zero-order valence-corrected chi connectivity index (χ0v) is 13.6. The molecule has 0 saturated heterocycles. The van der Waals surface area contributed by atoms with E-state index in [0.717, 1.165) is 11.3 Å². The molecular formula is C17H15ClN4O2. The minimum Gasteiger partial charge on any atom is -0.326 e. The van der Waals surface area contributed by atoms with Crippen molar-refractivity contribution in [3.63, 3.8) is 0 Å². The summed E-state index contributed by atoms with van der Waals surface area (Å²) in [5.41, 5.74) is 1.46. The van der Waals surface area contributed by atoms with Gasteiger partial charge in [-0.2, -0.15) is 4.98 Å². The topological polar surface area (TPSA) is 80.1 Å². The standard InChI is InChI=1S/C17H15ClN4O2/c1-11(16(23)20-14-8-3-2-4-9-14)19-17-21-15(22-24-17)12-6-5-7-13(18)10-12/h2-11H,1H3,(H,20,23)(H,19,21,22). The highest BCUT2D eigenvalue weighted by Crippen LogP contribution is 2.21. The van der Waals surface area contributed by atoms with Gasteiger partial charge in [0.15, 0.2) is 0 Å². The summed E-state index contributed by atoms with van der Waals surface area (Å²) in [4.78, 5) is 16.4. The number of amides is 1. The van der Waals surface area contributed by atoms with Crippen LogP contribution in [-0.2, 0) is 4.79 Å². The lowest BCUT2D eigenvalue weighted by atomic mass is 10.2. The van der Waals surface area contributed by atoms with Gasteiger partial charge in [-0.25, -0.2) is 0 Å². The average molecular weight is 343 g/mol. The van der Waals surface area contributed by atoms with Crippen molar-refractivity contribution in [2.24, 2.45) is 0 Å². The van der Waals surface area contributed by atoms with Crippen LogP contribution in [0.5, 0.6) is 0 Å². The lowest BCUT2D eigenvalue weighted by Gasteiger charge is -2.11. The van der Waals surface area contributed by atoms with Gasteiger partial charge < -0.3 is 15.2 Å². The Morgan fingerprint density at radius 3 is 2.71 bits per heavy atom. The van der Waals surface area contributed by atoms with Gasteiger partial charge in [-0.3, -0.25) is 4.79 Å². The Kier molecular flexibility index (Phi) is 4.77. The maximum Gasteiger partial charge on any atom is 0.322 e. The first-order valence-corrected chi connectivity index (χ1v) is 7.72. The third-order valence-electron chi connectivity index (χ3n) is 3.28. The number of carbonyl (C=O) groups is 1. The third-order valence-corrected chi connectivity index (χ3v) is 3.52. The first-order chi connectivity index (χ1) is 11.6. The lowest BCUT2D eigenvalue weighted by Crippen LogP contribution is -2.31. The van der Waals surface area contributed by atoms with Crippen molar-refractivity contribution in [2.45, 2.75) is 13.0 Å². The smallest absolute Gasteiger partial charge is 0.322 e. The molecule has 0 fully saturated rings. The van der Waals surface area contributed by atoms with Crippen molar-refractivity contribution in [2.75, 3.05) is 10.6 Å². The summed E-state index contributed by atoms with van der Waals surface area (Å²) in [5, 5.41) is 10.2. The second-order valence-electron chi connectivity index (χ2n) is 5.15. The van der Waals surface area contributed by atoms with Crippen molar-refractivity contribution >= 4 is 29.2 Å². The molecule has 0 spiro atoms. The van der Waals surface area contributed by atoms with Gasteiger partial charge in [0.2, 0.25) is 11.7 Å². The molecule has 1 aromatic heterocycles. The Hall–Kier alpha value is -2.86. The summed E-state index contributed by atoms with van der Waals surface area (Å²) in [6.45, 7) is 1.71. The number of para-hydroxylation sites is 1. The highest BCUT2D eigenvalue weighted by Gasteiger charge is 2.16. The Morgan fingerprint density at radius 2 is 1.96 bits per heavy atom. The van der Waals surface area contributed by atoms with Crippen LogP contribution in [0.1, 0.15) is 6.92 Å². The number of nitrogens with zero attached hydrogens (tertiary/aromatic N) is 2. The molecule has 0 aliphatic carbocycles. The number of carbonyl (C=O) groups excluding carboxylic acids is 1. The van der Waals surface area contributed by atoms with Gasteiger partial charge >= 0.3 is 6.01 Å². The van der Waals surface area contributed by atoms with Crippen molar-refractivity contribution in [3.8, 4) is 11.4 Å². The summed E-state index contributed by atoms with van der Waals surface area (Å²) in [6, 6.07) is 16.0. The van der Waals surface area contributed by atoms with E-state index >= 15 is 0 Å². The third kappa shape index (κ3) is 3.91. The monoisotopic (exact) mass is 342 g/mol. The van der Waals surface area contributed by atoms with Crippen molar-refractivity contribution in [1.29, 1.82) is 0 Å².